The van der Waals surface area contributed by atoms with Gasteiger partial charge in [-0.1, -0.05) is 6.92 Å². The number of nitrogens with zero attached hydrogens (tertiary/aromatic N) is 1. The summed E-state index contributed by atoms with van der Waals surface area (Å²) in [6, 6.07) is 0.564. The van der Waals surface area contributed by atoms with Gasteiger partial charge in [0.1, 0.15) is 0 Å². The summed E-state index contributed by atoms with van der Waals surface area (Å²) in [5.41, 5.74) is 0. The molecule has 2 aliphatic rings. The van der Waals surface area contributed by atoms with Crippen LogP contribution in [0.2, 0.25) is 0 Å². The summed E-state index contributed by atoms with van der Waals surface area (Å²) >= 11 is 0. The maximum Gasteiger partial charge on any atom is 0.236 e. The zero-order valence-corrected chi connectivity index (χ0v) is 8.77. The third kappa shape index (κ3) is 2.15. The fourth-order valence-electron chi connectivity index (χ4n) is 2.12. The van der Waals surface area contributed by atoms with Crippen molar-refractivity contribution < 1.29 is 4.79 Å². The second kappa shape index (κ2) is 4.29. The Morgan fingerprint density at radius 1 is 1.46 bits per heavy atom. The largest absolute Gasteiger partial charge is 0.337 e. The van der Waals surface area contributed by atoms with Crippen molar-refractivity contribution in [2.75, 3.05) is 19.6 Å². The van der Waals surface area contributed by atoms with E-state index in [4.69, 9.17) is 0 Å². The first kappa shape index (κ1) is 10.8. The SMILES string of the molecule is CC1CC(N2CCNCC2=O)C1.Cl. The van der Waals surface area contributed by atoms with Crippen LogP contribution >= 0.6 is 12.4 Å². The van der Waals surface area contributed by atoms with Crippen LogP contribution in [0, 0.1) is 5.92 Å². The summed E-state index contributed by atoms with van der Waals surface area (Å²) in [6.07, 6.45) is 2.43. The Bertz CT molecular complexity index is 192. The maximum absolute atomic E-state index is 11.4. The topological polar surface area (TPSA) is 32.3 Å². The van der Waals surface area contributed by atoms with E-state index in [1.165, 1.54) is 12.8 Å². The molecule has 1 amide bonds. The van der Waals surface area contributed by atoms with Crippen molar-refractivity contribution in [2.24, 2.45) is 5.92 Å². The van der Waals surface area contributed by atoms with Gasteiger partial charge in [0.05, 0.1) is 6.54 Å². The van der Waals surface area contributed by atoms with Crippen molar-refractivity contribution in [2.45, 2.75) is 25.8 Å². The number of halogens is 1. The highest BCUT2D eigenvalue weighted by Gasteiger charge is 2.34. The molecule has 0 aromatic carbocycles. The molecule has 0 bridgehead atoms. The quantitative estimate of drug-likeness (QED) is 0.680. The molecule has 1 aliphatic carbocycles. The molecule has 2 rings (SSSR count). The molecule has 1 heterocycles. The highest BCUT2D eigenvalue weighted by Crippen LogP contribution is 2.31. The highest BCUT2D eigenvalue weighted by molar-refractivity contribution is 5.85. The molecule has 0 aromatic rings. The lowest BCUT2D eigenvalue weighted by Crippen LogP contribution is -2.55. The fourth-order valence-corrected chi connectivity index (χ4v) is 2.12. The van der Waals surface area contributed by atoms with E-state index in [0.717, 1.165) is 19.0 Å². The Hall–Kier alpha value is -0.280. The zero-order valence-electron chi connectivity index (χ0n) is 7.95. The molecule has 0 spiro atoms. The number of carbonyl (C=O) groups excluding carboxylic acids is 1. The first-order valence-electron chi connectivity index (χ1n) is 4.77. The minimum absolute atomic E-state index is 0. The molecule has 13 heavy (non-hydrogen) atoms. The van der Waals surface area contributed by atoms with Gasteiger partial charge in [-0.25, -0.2) is 0 Å². The molecule has 1 saturated carbocycles. The van der Waals surface area contributed by atoms with Crippen molar-refractivity contribution in [3.05, 3.63) is 0 Å². The Labute approximate surface area is 85.3 Å². The molecule has 1 aliphatic heterocycles. The summed E-state index contributed by atoms with van der Waals surface area (Å²) in [5.74, 6) is 1.12. The van der Waals surface area contributed by atoms with Gasteiger partial charge in [0.15, 0.2) is 0 Å². The Kier molecular flexibility index (Phi) is 3.56. The number of amides is 1. The van der Waals surface area contributed by atoms with E-state index in [0.29, 0.717) is 12.6 Å². The van der Waals surface area contributed by atoms with E-state index in [1.54, 1.807) is 0 Å². The van der Waals surface area contributed by atoms with E-state index in [1.807, 2.05) is 0 Å². The molecule has 2 fully saturated rings. The normalized spacial score (nSPS) is 33.6. The lowest BCUT2D eigenvalue weighted by Gasteiger charge is -2.43. The van der Waals surface area contributed by atoms with Gasteiger partial charge in [0.25, 0.3) is 0 Å². The van der Waals surface area contributed by atoms with Crippen molar-refractivity contribution in [1.82, 2.24) is 10.2 Å². The average molecular weight is 205 g/mol. The van der Waals surface area contributed by atoms with Gasteiger partial charge in [-0.15, -0.1) is 12.4 Å². The Morgan fingerprint density at radius 3 is 2.69 bits per heavy atom. The van der Waals surface area contributed by atoms with Crippen molar-refractivity contribution in [3.63, 3.8) is 0 Å². The molecule has 76 valence electrons. The van der Waals surface area contributed by atoms with E-state index in [-0.39, 0.29) is 18.3 Å². The summed E-state index contributed by atoms with van der Waals surface area (Å²) in [6.45, 7) is 4.68. The number of hydrogen-bond acceptors (Lipinski definition) is 2. The molecule has 0 radical (unpaired) electrons. The van der Waals surface area contributed by atoms with Gasteiger partial charge in [0, 0.05) is 19.1 Å². The summed E-state index contributed by atoms with van der Waals surface area (Å²) in [4.78, 5) is 13.5. The van der Waals surface area contributed by atoms with Crippen LogP contribution in [0.5, 0.6) is 0 Å². The van der Waals surface area contributed by atoms with Gasteiger partial charge in [-0.3, -0.25) is 4.79 Å². The molecule has 1 saturated heterocycles. The first-order valence-corrected chi connectivity index (χ1v) is 4.77. The van der Waals surface area contributed by atoms with Crippen LogP contribution in [0.3, 0.4) is 0 Å². The van der Waals surface area contributed by atoms with Crippen molar-refractivity contribution >= 4 is 18.3 Å². The number of hydrogen-bond donors (Lipinski definition) is 1. The van der Waals surface area contributed by atoms with E-state index in [2.05, 4.69) is 17.1 Å². The molecular weight excluding hydrogens is 188 g/mol. The molecule has 4 heteroatoms. The van der Waals surface area contributed by atoms with Crippen LogP contribution in [0.1, 0.15) is 19.8 Å². The fraction of sp³-hybridized carbons (Fsp3) is 0.889. The van der Waals surface area contributed by atoms with E-state index < -0.39 is 0 Å². The molecule has 0 unspecified atom stereocenters. The zero-order chi connectivity index (χ0) is 8.55. The third-order valence-electron chi connectivity index (χ3n) is 2.92. The molecule has 3 nitrogen and oxygen atoms in total. The number of rotatable bonds is 1. The lowest BCUT2D eigenvalue weighted by molar-refractivity contribution is -0.137. The predicted octanol–water partition coefficient (Wildman–Crippen LogP) is 0.639. The molecule has 0 aromatic heterocycles. The monoisotopic (exact) mass is 204 g/mol. The van der Waals surface area contributed by atoms with Gasteiger partial charge in [0.2, 0.25) is 5.91 Å². The first-order chi connectivity index (χ1) is 5.77. The van der Waals surface area contributed by atoms with Gasteiger partial charge < -0.3 is 10.2 Å². The van der Waals surface area contributed by atoms with E-state index >= 15 is 0 Å². The average Bonchev–Trinajstić information content (AvgIpc) is 2.01. The van der Waals surface area contributed by atoms with Crippen molar-refractivity contribution in [1.29, 1.82) is 0 Å². The Morgan fingerprint density at radius 2 is 2.15 bits per heavy atom. The standard InChI is InChI=1S/C9H16N2O.ClH/c1-7-4-8(5-7)11-3-2-10-6-9(11)12;/h7-8,10H,2-6H2,1H3;1H. The minimum atomic E-state index is 0. The minimum Gasteiger partial charge on any atom is -0.337 e. The maximum atomic E-state index is 11.4. The predicted molar refractivity (Wildman–Crippen MR) is 54.0 cm³/mol. The summed E-state index contributed by atoms with van der Waals surface area (Å²) < 4.78 is 0. The third-order valence-corrected chi connectivity index (χ3v) is 2.92. The van der Waals surface area contributed by atoms with Crippen molar-refractivity contribution in [3.8, 4) is 0 Å². The van der Waals surface area contributed by atoms with Gasteiger partial charge in [-0.05, 0) is 18.8 Å². The lowest BCUT2D eigenvalue weighted by atomic mass is 9.80. The van der Waals surface area contributed by atoms with Crippen LogP contribution in [0.4, 0.5) is 0 Å². The van der Waals surface area contributed by atoms with Gasteiger partial charge >= 0.3 is 0 Å². The van der Waals surface area contributed by atoms with Crippen LogP contribution in [-0.4, -0.2) is 36.5 Å². The number of nitrogens with one attached hydrogen (secondary N) is 1. The van der Waals surface area contributed by atoms with Crippen LogP contribution in [0.25, 0.3) is 0 Å². The molecule has 0 atom stereocenters. The van der Waals surface area contributed by atoms with Crippen LogP contribution in [0.15, 0.2) is 0 Å². The molecule has 1 N–H and O–H groups in total. The Balaban J connectivity index is 0.000000845. The smallest absolute Gasteiger partial charge is 0.236 e. The van der Waals surface area contributed by atoms with Crippen LogP contribution in [-0.2, 0) is 4.79 Å². The highest BCUT2D eigenvalue weighted by atomic mass is 35.5. The second-order valence-electron chi connectivity index (χ2n) is 3.99. The van der Waals surface area contributed by atoms with E-state index in [9.17, 15) is 4.79 Å². The number of piperazine rings is 1. The second-order valence-corrected chi connectivity index (χ2v) is 3.99. The number of carbonyl (C=O) groups is 1. The molecular formula is C9H17ClN2O. The summed E-state index contributed by atoms with van der Waals surface area (Å²) in [7, 11) is 0. The summed E-state index contributed by atoms with van der Waals surface area (Å²) in [5, 5.41) is 3.09. The van der Waals surface area contributed by atoms with Crippen LogP contribution < -0.4 is 5.32 Å². The van der Waals surface area contributed by atoms with Gasteiger partial charge in [-0.2, -0.15) is 0 Å².